The SMILES string of the molecule is C[C@](C#N)(NC(=O)COC(=O)COc1cccc(Cl)c1)C1CC1. The van der Waals surface area contributed by atoms with Gasteiger partial charge in [0.05, 0.1) is 6.07 Å². The summed E-state index contributed by atoms with van der Waals surface area (Å²) in [5.41, 5.74) is -0.902. The minimum absolute atomic E-state index is 0.165. The first-order chi connectivity index (χ1) is 10.9. The molecule has 0 aliphatic heterocycles. The molecular weight excluding hydrogens is 320 g/mol. The lowest BCUT2D eigenvalue weighted by Crippen LogP contribution is -2.48. The van der Waals surface area contributed by atoms with Gasteiger partial charge in [-0.2, -0.15) is 5.26 Å². The van der Waals surface area contributed by atoms with Crippen molar-refractivity contribution in [3.8, 4) is 11.8 Å². The van der Waals surface area contributed by atoms with Gasteiger partial charge in [0.1, 0.15) is 11.3 Å². The van der Waals surface area contributed by atoms with E-state index < -0.39 is 24.0 Å². The molecule has 0 saturated heterocycles. The Bertz CT molecular complexity index is 639. The quantitative estimate of drug-likeness (QED) is 0.770. The van der Waals surface area contributed by atoms with Gasteiger partial charge in [-0.15, -0.1) is 0 Å². The second-order valence-corrected chi connectivity index (χ2v) is 5.98. The molecule has 1 saturated carbocycles. The smallest absolute Gasteiger partial charge is 0.344 e. The average Bonchev–Trinajstić information content (AvgIpc) is 3.36. The molecule has 1 aromatic rings. The van der Waals surface area contributed by atoms with Crippen molar-refractivity contribution in [2.24, 2.45) is 5.92 Å². The number of ether oxygens (including phenoxy) is 2. The largest absolute Gasteiger partial charge is 0.482 e. The van der Waals surface area contributed by atoms with E-state index in [1.54, 1.807) is 31.2 Å². The summed E-state index contributed by atoms with van der Waals surface area (Å²) in [5.74, 6) is -0.578. The van der Waals surface area contributed by atoms with E-state index in [1.165, 1.54) is 0 Å². The van der Waals surface area contributed by atoms with Gasteiger partial charge in [0.2, 0.25) is 0 Å². The number of hydrogen-bond donors (Lipinski definition) is 1. The minimum atomic E-state index is -0.902. The van der Waals surface area contributed by atoms with Crippen LogP contribution >= 0.6 is 11.6 Å². The topological polar surface area (TPSA) is 88.4 Å². The number of esters is 1. The van der Waals surface area contributed by atoms with Gasteiger partial charge in [-0.1, -0.05) is 17.7 Å². The van der Waals surface area contributed by atoms with Crippen molar-refractivity contribution < 1.29 is 19.1 Å². The first-order valence-electron chi connectivity index (χ1n) is 7.19. The molecule has 122 valence electrons. The molecule has 2 rings (SSSR count). The molecule has 1 N–H and O–H groups in total. The van der Waals surface area contributed by atoms with Gasteiger partial charge < -0.3 is 14.8 Å². The zero-order chi connectivity index (χ0) is 16.9. The number of nitrogens with zero attached hydrogens (tertiary/aromatic N) is 1. The molecule has 1 fully saturated rings. The summed E-state index contributed by atoms with van der Waals surface area (Å²) in [4.78, 5) is 23.3. The van der Waals surface area contributed by atoms with E-state index in [4.69, 9.17) is 26.3 Å². The van der Waals surface area contributed by atoms with Gasteiger partial charge in [0.25, 0.3) is 5.91 Å². The number of carbonyl (C=O) groups excluding carboxylic acids is 2. The molecule has 1 aliphatic carbocycles. The van der Waals surface area contributed by atoms with E-state index in [1.807, 2.05) is 0 Å². The van der Waals surface area contributed by atoms with Gasteiger partial charge in [-0.3, -0.25) is 4.79 Å². The van der Waals surface area contributed by atoms with Crippen LogP contribution in [0.15, 0.2) is 24.3 Å². The second-order valence-electron chi connectivity index (χ2n) is 5.54. The van der Waals surface area contributed by atoms with E-state index in [0.717, 1.165) is 12.8 Å². The third-order valence-corrected chi connectivity index (χ3v) is 3.78. The van der Waals surface area contributed by atoms with Crippen molar-refractivity contribution in [1.29, 1.82) is 5.26 Å². The lowest BCUT2D eigenvalue weighted by molar-refractivity contribution is -0.150. The van der Waals surface area contributed by atoms with Crippen LogP contribution in [-0.2, 0) is 14.3 Å². The number of carbonyl (C=O) groups is 2. The zero-order valence-corrected chi connectivity index (χ0v) is 13.4. The number of hydrogen-bond acceptors (Lipinski definition) is 5. The number of benzene rings is 1. The first-order valence-corrected chi connectivity index (χ1v) is 7.57. The fraction of sp³-hybridized carbons (Fsp3) is 0.438. The van der Waals surface area contributed by atoms with E-state index in [0.29, 0.717) is 10.8 Å². The first kappa shape index (κ1) is 17.1. The van der Waals surface area contributed by atoms with Crippen LogP contribution < -0.4 is 10.1 Å². The van der Waals surface area contributed by atoms with Gasteiger partial charge in [-0.25, -0.2) is 4.79 Å². The van der Waals surface area contributed by atoms with Crippen LogP contribution in [0.1, 0.15) is 19.8 Å². The highest BCUT2D eigenvalue weighted by atomic mass is 35.5. The van der Waals surface area contributed by atoms with Crippen molar-refractivity contribution in [3.63, 3.8) is 0 Å². The van der Waals surface area contributed by atoms with Gasteiger partial charge in [0.15, 0.2) is 13.2 Å². The van der Waals surface area contributed by atoms with Crippen LogP contribution in [0.2, 0.25) is 5.02 Å². The fourth-order valence-corrected chi connectivity index (χ4v) is 2.27. The van der Waals surface area contributed by atoms with Gasteiger partial charge >= 0.3 is 5.97 Å². The molecule has 0 heterocycles. The number of rotatable bonds is 7. The van der Waals surface area contributed by atoms with E-state index in [-0.39, 0.29) is 12.5 Å². The molecule has 7 heteroatoms. The second kappa shape index (κ2) is 7.34. The maximum atomic E-state index is 11.8. The Hall–Kier alpha value is -2.26. The monoisotopic (exact) mass is 336 g/mol. The summed E-state index contributed by atoms with van der Waals surface area (Å²) in [7, 11) is 0. The van der Waals surface area contributed by atoms with Crippen molar-refractivity contribution in [2.45, 2.75) is 25.3 Å². The predicted octanol–water partition coefficient (Wildman–Crippen LogP) is 2.07. The minimum Gasteiger partial charge on any atom is -0.482 e. The Morgan fingerprint density at radius 1 is 1.43 bits per heavy atom. The molecule has 23 heavy (non-hydrogen) atoms. The molecule has 1 atom stereocenters. The zero-order valence-electron chi connectivity index (χ0n) is 12.7. The van der Waals surface area contributed by atoms with Crippen LogP contribution in [0.4, 0.5) is 0 Å². The maximum absolute atomic E-state index is 11.8. The van der Waals surface area contributed by atoms with Crippen molar-refractivity contribution in [3.05, 3.63) is 29.3 Å². The number of nitrogens with one attached hydrogen (secondary N) is 1. The van der Waals surface area contributed by atoms with Crippen molar-refractivity contribution in [1.82, 2.24) is 5.32 Å². The molecular formula is C16H17ClN2O4. The van der Waals surface area contributed by atoms with E-state index >= 15 is 0 Å². The summed E-state index contributed by atoms with van der Waals surface area (Å²) in [6.45, 7) is 0.903. The molecule has 0 bridgehead atoms. The highest BCUT2D eigenvalue weighted by molar-refractivity contribution is 6.30. The Balaban J connectivity index is 1.71. The fourth-order valence-electron chi connectivity index (χ4n) is 2.09. The predicted molar refractivity (Wildman–Crippen MR) is 82.8 cm³/mol. The van der Waals surface area contributed by atoms with Gasteiger partial charge in [0, 0.05) is 5.02 Å². The summed E-state index contributed by atoms with van der Waals surface area (Å²) in [6, 6.07) is 8.69. The van der Waals surface area contributed by atoms with Crippen LogP contribution in [0.3, 0.4) is 0 Å². The van der Waals surface area contributed by atoms with Gasteiger partial charge in [-0.05, 0) is 43.9 Å². The number of amides is 1. The third-order valence-electron chi connectivity index (χ3n) is 3.54. The molecule has 1 aromatic carbocycles. The highest BCUT2D eigenvalue weighted by Gasteiger charge is 2.43. The van der Waals surface area contributed by atoms with E-state index in [2.05, 4.69) is 11.4 Å². The van der Waals surface area contributed by atoms with Crippen molar-refractivity contribution >= 4 is 23.5 Å². The highest BCUT2D eigenvalue weighted by Crippen LogP contribution is 2.39. The van der Waals surface area contributed by atoms with E-state index in [9.17, 15) is 9.59 Å². The van der Waals surface area contributed by atoms with Crippen LogP contribution in [0.25, 0.3) is 0 Å². The Morgan fingerprint density at radius 2 is 2.17 bits per heavy atom. The Kier molecular flexibility index (Phi) is 5.45. The lowest BCUT2D eigenvalue weighted by atomic mass is 9.98. The maximum Gasteiger partial charge on any atom is 0.344 e. The lowest BCUT2D eigenvalue weighted by Gasteiger charge is -2.22. The van der Waals surface area contributed by atoms with Crippen molar-refractivity contribution in [2.75, 3.05) is 13.2 Å². The molecule has 1 aliphatic rings. The summed E-state index contributed by atoms with van der Waals surface area (Å²) < 4.78 is 10.0. The molecule has 6 nitrogen and oxygen atoms in total. The molecule has 0 spiro atoms. The molecule has 0 radical (unpaired) electrons. The summed E-state index contributed by atoms with van der Waals surface area (Å²) >= 11 is 5.79. The van der Waals surface area contributed by atoms with Crippen LogP contribution in [-0.4, -0.2) is 30.6 Å². The normalized spacial score (nSPS) is 15.9. The van der Waals surface area contributed by atoms with Crippen LogP contribution in [0.5, 0.6) is 5.75 Å². The van der Waals surface area contributed by atoms with Crippen LogP contribution in [0, 0.1) is 17.2 Å². The number of nitriles is 1. The molecule has 0 unspecified atom stereocenters. The Labute approximate surface area is 139 Å². The standard InChI is InChI=1S/C16H17ClN2O4/c1-16(10-18,11-5-6-11)19-14(20)8-23-15(21)9-22-13-4-2-3-12(17)7-13/h2-4,7,11H,5-6,8-9H2,1H3,(H,19,20)/t16-/m1/s1. The molecule has 0 aromatic heterocycles. The summed E-state index contributed by atoms with van der Waals surface area (Å²) in [6.07, 6.45) is 1.83. The number of halogens is 1. The molecule has 1 amide bonds. The Morgan fingerprint density at radius 3 is 2.78 bits per heavy atom. The summed E-state index contributed by atoms with van der Waals surface area (Å²) in [5, 5.41) is 12.2. The average molecular weight is 337 g/mol. The third kappa shape index (κ3) is 5.15.